The average molecular weight is 759 g/mol. The Morgan fingerprint density at radius 2 is 1.75 bits per heavy atom. The zero-order valence-corrected chi connectivity index (χ0v) is 27.9. The Morgan fingerprint density at radius 3 is 2.37 bits per heavy atom. The number of piperazine rings is 1. The molecule has 5 heterocycles. The van der Waals surface area contributed by atoms with Crippen LogP contribution >= 0.6 is 11.6 Å². The highest BCUT2D eigenvalue weighted by molar-refractivity contribution is 6.33. The van der Waals surface area contributed by atoms with Crippen molar-refractivity contribution in [2.24, 2.45) is 5.73 Å². The number of nitrogens with one attached hydrogen (secondary N) is 1. The third-order valence-corrected chi connectivity index (χ3v) is 8.79. The third-order valence-electron chi connectivity index (χ3n) is 8.43. The van der Waals surface area contributed by atoms with E-state index in [-0.39, 0.29) is 28.3 Å². The summed E-state index contributed by atoms with van der Waals surface area (Å²) in [5.41, 5.74) is 3.28. The van der Waals surface area contributed by atoms with Crippen molar-refractivity contribution in [1.82, 2.24) is 24.0 Å². The molecule has 0 aliphatic carbocycles. The van der Waals surface area contributed by atoms with Crippen LogP contribution in [0.3, 0.4) is 0 Å². The van der Waals surface area contributed by atoms with Crippen LogP contribution in [0.15, 0.2) is 23.1 Å². The molecule has 6 rings (SSSR count). The number of pyridine rings is 1. The van der Waals surface area contributed by atoms with Crippen LogP contribution in [-0.4, -0.2) is 90.9 Å². The van der Waals surface area contributed by atoms with E-state index >= 15 is 4.39 Å². The molecule has 4 aromatic rings. The van der Waals surface area contributed by atoms with Gasteiger partial charge in [0.1, 0.15) is 28.9 Å². The standard InChI is InChI=1S/C29H28ClF3N8O4.C2HF3O2/c1-13-10-38(2)6-7-40(13)19-9-17(22(30)26(33)36-19)35-20(42)12-39-11-16(14-8-15(27(34)44)25(43)24(32)23(14)31)21-28(39)37-18-4-3-5-41(18)29(21)45;3-2(4,5)1(6)7/h8-9,11,13,43H,3-7,10,12H2,1-2H3,(H2,34,44)(H,35,36,42);(H,6,7)/t13-;/m0./s1. The Hall–Kier alpha value is -5.37. The number of carboxylic acids is 1. The predicted molar refractivity (Wildman–Crippen MR) is 174 cm³/mol. The molecular weight excluding hydrogens is 730 g/mol. The van der Waals surface area contributed by atoms with E-state index in [1.54, 1.807) is 0 Å². The number of primary amides is 1. The lowest BCUT2D eigenvalue weighted by Gasteiger charge is -2.39. The first kappa shape index (κ1) is 37.9. The number of phenols is 1. The summed E-state index contributed by atoms with van der Waals surface area (Å²) in [6, 6.07) is 2.33. The van der Waals surface area contributed by atoms with E-state index < -0.39 is 75.5 Å². The number of hydrogen-bond donors (Lipinski definition) is 4. The number of carbonyl (C=O) groups excluding carboxylic acids is 2. The second-order valence-electron chi connectivity index (χ2n) is 12.1. The number of nitrogens with zero attached hydrogens (tertiary/aromatic N) is 6. The van der Waals surface area contributed by atoms with E-state index in [1.807, 2.05) is 18.9 Å². The third kappa shape index (κ3) is 7.33. The molecular formula is C31H29ClF6N8O6. The van der Waals surface area contributed by atoms with Crippen LogP contribution in [0.1, 0.15) is 29.5 Å². The second-order valence-corrected chi connectivity index (χ2v) is 12.4. The molecule has 5 N–H and O–H groups in total. The zero-order valence-electron chi connectivity index (χ0n) is 27.2. The number of carbonyl (C=O) groups is 3. The predicted octanol–water partition coefficient (Wildman–Crippen LogP) is 3.49. The van der Waals surface area contributed by atoms with Gasteiger partial charge in [-0.05, 0) is 26.5 Å². The molecule has 1 aromatic carbocycles. The van der Waals surface area contributed by atoms with E-state index in [9.17, 15) is 41.4 Å². The smallest absolute Gasteiger partial charge is 0.490 e. The first-order valence-electron chi connectivity index (χ1n) is 15.3. The van der Waals surface area contributed by atoms with E-state index in [2.05, 4.69) is 20.2 Å². The Bertz CT molecular complexity index is 2170. The zero-order chi connectivity index (χ0) is 38.4. The summed E-state index contributed by atoms with van der Waals surface area (Å²) < 4.78 is 79.2. The summed E-state index contributed by atoms with van der Waals surface area (Å²) >= 11 is 6.18. The van der Waals surface area contributed by atoms with Crippen LogP contribution in [0.2, 0.25) is 5.02 Å². The van der Waals surface area contributed by atoms with Crippen LogP contribution in [0.4, 0.5) is 37.8 Å². The fourth-order valence-corrected chi connectivity index (χ4v) is 6.15. The molecule has 2 amide bonds. The monoisotopic (exact) mass is 758 g/mol. The Balaban J connectivity index is 0.000000679. The molecule has 0 bridgehead atoms. The van der Waals surface area contributed by atoms with Crippen molar-refractivity contribution in [3.63, 3.8) is 0 Å². The molecule has 0 spiro atoms. The molecule has 14 nitrogen and oxygen atoms in total. The van der Waals surface area contributed by atoms with Crippen LogP contribution in [0.25, 0.3) is 22.2 Å². The molecule has 278 valence electrons. The topological polar surface area (TPSA) is 189 Å². The summed E-state index contributed by atoms with van der Waals surface area (Å²) in [6.07, 6.45) is -2.76. The highest BCUT2D eigenvalue weighted by atomic mass is 35.5. The van der Waals surface area contributed by atoms with Gasteiger partial charge in [-0.1, -0.05) is 11.6 Å². The highest BCUT2D eigenvalue weighted by Crippen LogP contribution is 2.37. The van der Waals surface area contributed by atoms with E-state index in [4.69, 9.17) is 27.2 Å². The van der Waals surface area contributed by atoms with Crippen molar-refractivity contribution in [2.75, 3.05) is 36.9 Å². The van der Waals surface area contributed by atoms with Crippen molar-refractivity contribution >= 4 is 51.9 Å². The molecule has 0 radical (unpaired) electrons. The number of aromatic hydroxyl groups is 1. The van der Waals surface area contributed by atoms with E-state index in [0.717, 1.165) is 19.2 Å². The van der Waals surface area contributed by atoms with Gasteiger partial charge in [0.2, 0.25) is 17.7 Å². The fraction of sp³-hybridized carbons (Fsp3) is 0.355. The number of aliphatic carboxylic acids is 1. The summed E-state index contributed by atoms with van der Waals surface area (Å²) in [7, 11) is 1.98. The van der Waals surface area contributed by atoms with Crippen LogP contribution in [0.5, 0.6) is 5.75 Å². The first-order valence-corrected chi connectivity index (χ1v) is 15.7. The minimum absolute atomic E-state index is 0.00534. The molecule has 1 saturated heterocycles. The van der Waals surface area contributed by atoms with Gasteiger partial charge < -0.3 is 35.6 Å². The normalized spacial score (nSPS) is 16.0. The molecule has 0 unspecified atom stereocenters. The molecule has 21 heteroatoms. The van der Waals surface area contributed by atoms with E-state index in [0.29, 0.717) is 37.6 Å². The molecule has 1 fully saturated rings. The number of aryl methyl sites for hydroxylation is 1. The minimum Gasteiger partial charge on any atom is -0.504 e. The molecule has 3 aromatic heterocycles. The van der Waals surface area contributed by atoms with Gasteiger partial charge in [-0.2, -0.15) is 22.0 Å². The van der Waals surface area contributed by atoms with Gasteiger partial charge in [-0.25, -0.2) is 19.2 Å². The van der Waals surface area contributed by atoms with Crippen LogP contribution < -0.4 is 21.5 Å². The van der Waals surface area contributed by atoms with Gasteiger partial charge in [0, 0.05) is 62.0 Å². The number of anilines is 2. The molecule has 2 aliphatic rings. The van der Waals surface area contributed by atoms with Crippen molar-refractivity contribution < 1.29 is 50.9 Å². The largest absolute Gasteiger partial charge is 0.504 e. The maximum Gasteiger partial charge on any atom is 0.490 e. The van der Waals surface area contributed by atoms with Gasteiger partial charge in [0.15, 0.2) is 11.6 Å². The highest BCUT2D eigenvalue weighted by Gasteiger charge is 2.38. The van der Waals surface area contributed by atoms with Crippen molar-refractivity contribution in [3.05, 3.63) is 62.7 Å². The number of alkyl halides is 3. The first-order chi connectivity index (χ1) is 24.3. The summed E-state index contributed by atoms with van der Waals surface area (Å²) in [6.45, 7) is 3.86. The van der Waals surface area contributed by atoms with Crippen molar-refractivity contribution in [3.8, 4) is 16.9 Å². The number of hydrogen-bond acceptors (Lipinski definition) is 9. The SMILES string of the molecule is C[C@H]1CN(C)CCN1c1cc(NC(=O)Cn2cc(-c3cc(C(N)=O)c(O)c(F)c3F)c3c(=O)n4c(nc32)CCC4)c(Cl)c(F)n1.O=C(O)C(F)(F)F. The van der Waals surface area contributed by atoms with Gasteiger partial charge in [0.25, 0.3) is 11.5 Å². The Kier molecular flexibility index (Phi) is 10.4. The second kappa shape index (κ2) is 14.3. The van der Waals surface area contributed by atoms with Gasteiger partial charge in [-0.15, -0.1) is 0 Å². The van der Waals surface area contributed by atoms with Gasteiger partial charge in [-0.3, -0.25) is 19.0 Å². The number of amides is 2. The number of fused-ring (bicyclic) bond motifs is 2. The Morgan fingerprint density at radius 1 is 1.08 bits per heavy atom. The lowest BCUT2D eigenvalue weighted by molar-refractivity contribution is -0.192. The summed E-state index contributed by atoms with van der Waals surface area (Å²) in [5.74, 6) is -9.43. The van der Waals surface area contributed by atoms with Crippen molar-refractivity contribution in [2.45, 2.75) is 45.1 Å². The van der Waals surface area contributed by atoms with Crippen LogP contribution in [-0.2, 0) is 29.1 Å². The van der Waals surface area contributed by atoms with Crippen LogP contribution in [0, 0.1) is 17.6 Å². The Labute approximate surface area is 294 Å². The number of likely N-dealkylation sites (N-methyl/N-ethyl adjacent to an activating group) is 1. The number of aromatic nitrogens is 4. The molecule has 52 heavy (non-hydrogen) atoms. The van der Waals surface area contributed by atoms with Gasteiger partial charge in [0.05, 0.1) is 16.6 Å². The quantitative estimate of drug-likeness (QED) is 0.167. The number of rotatable bonds is 6. The summed E-state index contributed by atoms with van der Waals surface area (Å²) in [5, 5.41) is 19.1. The van der Waals surface area contributed by atoms with Gasteiger partial charge >= 0.3 is 12.1 Å². The van der Waals surface area contributed by atoms with Crippen molar-refractivity contribution in [1.29, 1.82) is 0 Å². The maximum absolute atomic E-state index is 15.2. The number of halogens is 7. The average Bonchev–Trinajstić information content (AvgIpc) is 3.67. The maximum atomic E-state index is 15.2. The number of nitrogens with two attached hydrogens (primary N) is 1. The number of carboxylic acid groups (broad SMARTS) is 1. The number of benzene rings is 1. The molecule has 1 atom stereocenters. The summed E-state index contributed by atoms with van der Waals surface area (Å²) in [4.78, 5) is 60.3. The lowest BCUT2D eigenvalue weighted by atomic mass is 10.0. The fourth-order valence-electron chi connectivity index (χ4n) is 6.00. The molecule has 2 aliphatic heterocycles. The van der Waals surface area contributed by atoms with E-state index in [1.165, 1.54) is 21.4 Å². The minimum atomic E-state index is -5.08. The molecule has 0 saturated carbocycles. The lowest BCUT2D eigenvalue weighted by Crippen LogP contribution is -2.50.